The van der Waals surface area contributed by atoms with E-state index in [0.29, 0.717) is 10.9 Å². The highest BCUT2D eigenvalue weighted by molar-refractivity contribution is 6.02. The third kappa shape index (κ3) is 2.53. The Balaban J connectivity index is 2.42. The number of carbonyl (C=O) groups is 1. The molecule has 0 saturated heterocycles. The lowest BCUT2D eigenvalue weighted by atomic mass is 10.1. The molecule has 0 unspecified atom stereocenters. The highest BCUT2D eigenvalue weighted by Crippen LogP contribution is 2.23. The summed E-state index contributed by atoms with van der Waals surface area (Å²) in [6, 6.07) is 5.75. The smallest absolute Gasteiger partial charge is 0.336 e. The van der Waals surface area contributed by atoms with Crippen molar-refractivity contribution >= 4 is 16.9 Å². The summed E-state index contributed by atoms with van der Waals surface area (Å²) < 4.78 is 28.9. The summed E-state index contributed by atoms with van der Waals surface area (Å²) in [6.45, 7) is -0.728. The van der Waals surface area contributed by atoms with Crippen LogP contribution in [0.2, 0.25) is 0 Å². The van der Waals surface area contributed by atoms with Crippen LogP contribution < -0.4 is 4.74 Å². The number of fused-ring (bicyclic) bond motifs is 1. The number of alkyl halides is 2. The minimum atomic E-state index is -2.58. The third-order valence-corrected chi connectivity index (χ3v) is 2.32. The average molecular weight is 253 g/mol. The minimum Gasteiger partial charge on any atom is -0.488 e. The van der Waals surface area contributed by atoms with Crippen LogP contribution in [-0.4, -0.2) is 29.1 Å². The molecule has 1 heterocycles. The summed E-state index contributed by atoms with van der Waals surface area (Å²) in [4.78, 5) is 15.0. The van der Waals surface area contributed by atoms with Crippen molar-refractivity contribution in [1.29, 1.82) is 0 Å². The summed E-state index contributed by atoms with van der Waals surface area (Å²) >= 11 is 0. The zero-order valence-corrected chi connectivity index (χ0v) is 9.14. The second-order valence-electron chi connectivity index (χ2n) is 3.54. The maximum absolute atomic E-state index is 12.0. The molecule has 0 fully saturated rings. The van der Waals surface area contributed by atoms with Crippen molar-refractivity contribution in [2.75, 3.05) is 6.61 Å². The predicted molar refractivity (Wildman–Crippen MR) is 60.2 cm³/mol. The number of halogens is 2. The number of hydrogen-bond donors (Lipinski definition) is 1. The zero-order chi connectivity index (χ0) is 13.1. The van der Waals surface area contributed by atoms with E-state index in [2.05, 4.69) is 4.98 Å². The first-order valence-corrected chi connectivity index (χ1v) is 5.11. The molecule has 0 bridgehead atoms. The topological polar surface area (TPSA) is 59.4 Å². The van der Waals surface area contributed by atoms with E-state index in [4.69, 9.17) is 9.84 Å². The molecule has 0 spiro atoms. The van der Waals surface area contributed by atoms with E-state index < -0.39 is 19.0 Å². The maximum Gasteiger partial charge on any atom is 0.336 e. The normalized spacial score (nSPS) is 10.8. The van der Waals surface area contributed by atoms with Crippen LogP contribution in [0.1, 0.15) is 10.4 Å². The zero-order valence-electron chi connectivity index (χ0n) is 9.14. The summed E-state index contributed by atoms with van der Waals surface area (Å²) in [5.41, 5.74) is 0.529. The average Bonchev–Trinajstić information content (AvgIpc) is 2.35. The molecule has 1 N–H and O–H groups in total. The molecule has 0 aliphatic carbocycles. The largest absolute Gasteiger partial charge is 0.488 e. The van der Waals surface area contributed by atoms with E-state index in [-0.39, 0.29) is 11.3 Å². The summed E-state index contributed by atoms with van der Waals surface area (Å²) in [7, 11) is 0. The fourth-order valence-electron chi connectivity index (χ4n) is 1.56. The summed E-state index contributed by atoms with van der Waals surface area (Å²) in [5, 5.41) is 9.36. The molecule has 0 saturated carbocycles. The number of aromatic nitrogens is 1. The van der Waals surface area contributed by atoms with Crippen molar-refractivity contribution < 1.29 is 23.4 Å². The van der Waals surface area contributed by atoms with E-state index in [9.17, 15) is 13.6 Å². The molecule has 2 aromatic rings. The van der Waals surface area contributed by atoms with Gasteiger partial charge in [0.2, 0.25) is 0 Å². The van der Waals surface area contributed by atoms with E-state index in [0.717, 1.165) is 0 Å². The first-order chi connectivity index (χ1) is 8.58. The first kappa shape index (κ1) is 12.2. The SMILES string of the molecule is O=C(O)c1ccnc2ccc(OCC(F)F)cc12. The van der Waals surface area contributed by atoms with Crippen molar-refractivity contribution in [3.8, 4) is 5.75 Å². The van der Waals surface area contributed by atoms with E-state index in [1.54, 1.807) is 0 Å². The Morgan fingerprint density at radius 1 is 1.39 bits per heavy atom. The van der Waals surface area contributed by atoms with Gasteiger partial charge in [0, 0.05) is 11.6 Å². The van der Waals surface area contributed by atoms with Gasteiger partial charge in [-0.25, -0.2) is 13.6 Å². The lowest BCUT2D eigenvalue weighted by molar-refractivity contribution is 0.0698. The quantitative estimate of drug-likeness (QED) is 0.909. The Labute approximate surface area is 101 Å². The highest BCUT2D eigenvalue weighted by atomic mass is 19.3. The number of aromatic carboxylic acids is 1. The standard InChI is InChI=1S/C12H9F2NO3/c13-11(14)6-18-7-1-2-10-9(5-7)8(12(16)17)3-4-15-10/h1-5,11H,6H2,(H,16,17). The fraction of sp³-hybridized carbons (Fsp3) is 0.167. The number of benzene rings is 1. The Kier molecular flexibility index (Phi) is 3.36. The van der Waals surface area contributed by atoms with Crippen molar-refractivity contribution in [3.63, 3.8) is 0 Å². The Morgan fingerprint density at radius 2 is 2.17 bits per heavy atom. The summed E-state index contributed by atoms with van der Waals surface area (Å²) in [6.07, 6.45) is -1.19. The number of carboxylic acid groups (broad SMARTS) is 1. The van der Waals surface area contributed by atoms with Gasteiger partial charge in [0.25, 0.3) is 6.43 Å². The van der Waals surface area contributed by atoms with Crippen LogP contribution in [0.4, 0.5) is 8.78 Å². The monoisotopic (exact) mass is 253 g/mol. The van der Waals surface area contributed by atoms with Gasteiger partial charge in [-0.05, 0) is 24.3 Å². The number of pyridine rings is 1. The molecule has 94 valence electrons. The molecule has 0 amide bonds. The van der Waals surface area contributed by atoms with E-state index in [1.807, 2.05) is 0 Å². The third-order valence-electron chi connectivity index (χ3n) is 2.32. The van der Waals surface area contributed by atoms with Crippen LogP contribution in [0.25, 0.3) is 10.9 Å². The van der Waals surface area contributed by atoms with Crippen LogP contribution in [-0.2, 0) is 0 Å². The first-order valence-electron chi connectivity index (χ1n) is 5.11. The van der Waals surface area contributed by atoms with E-state index >= 15 is 0 Å². The van der Waals surface area contributed by atoms with Gasteiger partial charge in [-0.1, -0.05) is 0 Å². The fourth-order valence-corrected chi connectivity index (χ4v) is 1.56. The van der Waals surface area contributed by atoms with Gasteiger partial charge in [0.15, 0.2) is 0 Å². The van der Waals surface area contributed by atoms with Crippen LogP contribution in [0, 0.1) is 0 Å². The minimum absolute atomic E-state index is 0.0579. The lowest BCUT2D eigenvalue weighted by Crippen LogP contribution is -2.07. The highest BCUT2D eigenvalue weighted by Gasteiger charge is 2.10. The molecule has 1 aromatic heterocycles. The van der Waals surface area contributed by atoms with Gasteiger partial charge >= 0.3 is 5.97 Å². The molecule has 0 radical (unpaired) electrons. The molecule has 0 aliphatic rings. The number of nitrogens with zero attached hydrogens (tertiary/aromatic N) is 1. The Hall–Kier alpha value is -2.24. The van der Waals surface area contributed by atoms with Crippen LogP contribution in [0.15, 0.2) is 30.5 Å². The van der Waals surface area contributed by atoms with Gasteiger partial charge < -0.3 is 9.84 Å². The number of hydrogen-bond acceptors (Lipinski definition) is 3. The van der Waals surface area contributed by atoms with Gasteiger partial charge in [0.1, 0.15) is 12.4 Å². The van der Waals surface area contributed by atoms with Gasteiger partial charge in [-0.2, -0.15) is 0 Å². The molecule has 18 heavy (non-hydrogen) atoms. The number of carboxylic acids is 1. The maximum atomic E-state index is 12.0. The van der Waals surface area contributed by atoms with Gasteiger partial charge in [0.05, 0.1) is 11.1 Å². The van der Waals surface area contributed by atoms with Crippen molar-refractivity contribution in [2.45, 2.75) is 6.43 Å². The number of rotatable bonds is 4. The van der Waals surface area contributed by atoms with Gasteiger partial charge in [-0.3, -0.25) is 4.98 Å². The van der Waals surface area contributed by atoms with Crippen molar-refractivity contribution in [2.24, 2.45) is 0 Å². The van der Waals surface area contributed by atoms with Gasteiger partial charge in [-0.15, -0.1) is 0 Å². The molecule has 4 nitrogen and oxygen atoms in total. The second kappa shape index (κ2) is 4.95. The molecule has 0 aliphatic heterocycles. The Bertz CT molecular complexity index is 587. The van der Waals surface area contributed by atoms with Crippen LogP contribution in [0.3, 0.4) is 0 Å². The molecule has 6 heteroatoms. The molecule has 1 aromatic carbocycles. The van der Waals surface area contributed by atoms with Crippen LogP contribution >= 0.6 is 0 Å². The van der Waals surface area contributed by atoms with Crippen molar-refractivity contribution in [3.05, 3.63) is 36.0 Å². The molecular formula is C12H9F2NO3. The molecular weight excluding hydrogens is 244 g/mol. The van der Waals surface area contributed by atoms with Crippen LogP contribution in [0.5, 0.6) is 5.75 Å². The lowest BCUT2D eigenvalue weighted by Gasteiger charge is -2.07. The van der Waals surface area contributed by atoms with E-state index in [1.165, 1.54) is 30.5 Å². The van der Waals surface area contributed by atoms with Crippen molar-refractivity contribution in [1.82, 2.24) is 4.98 Å². The summed E-state index contributed by atoms with van der Waals surface area (Å²) in [5.74, 6) is -0.910. The predicted octanol–water partition coefficient (Wildman–Crippen LogP) is 2.58. The second-order valence-corrected chi connectivity index (χ2v) is 3.54. The Morgan fingerprint density at radius 3 is 2.83 bits per heavy atom. The molecule has 0 atom stereocenters. The molecule has 2 rings (SSSR count). The number of ether oxygens (including phenoxy) is 1.